The van der Waals surface area contributed by atoms with Gasteiger partial charge in [0, 0.05) is 30.1 Å². The van der Waals surface area contributed by atoms with E-state index in [4.69, 9.17) is 11.5 Å². The molecule has 1 aliphatic heterocycles. The maximum Gasteiger partial charge on any atom is 0.266 e. The van der Waals surface area contributed by atoms with Crippen LogP contribution >= 0.6 is 11.3 Å². The predicted octanol–water partition coefficient (Wildman–Crippen LogP) is 2.34. The van der Waals surface area contributed by atoms with Crippen molar-refractivity contribution in [1.29, 1.82) is 0 Å². The van der Waals surface area contributed by atoms with Gasteiger partial charge in [-0.05, 0) is 30.9 Å². The topological polar surface area (TPSA) is 102 Å². The number of primary amides is 1. The molecule has 1 saturated heterocycles. The van der Waals surface area contributed by atoms with Gasteiger partial charge in [-0.2, -0.15) is 0 Å². The Labute approximate surface area is 144 Å². The summed E-state index contributed by atoms with van der Waals surface area (Å²) in [5.74, 6) is -0.174. The van der Waals surface area contributed by atoms with Gasteiger partial charge in [0.25, 0.3) is 5.91 Å². The molecule has 2 aromatic heterocycles. The number of fused-ring (bicyclic) bond motifs is 1. The highest BCUT2D eigenvalue weighted by Gasteiger charge is 2.29. The number of nitrogens with zero attached hydrogens (tertiary/aromatic N) is 2. The predicted molar refractivity (Wildman–Crippen MR) is 95.9 cm³/mol. The molecule has 0 unspecified atom stereocenters. The number of thiophene rings is 1. The van der Waals surface area contributed by atoms with Gasteiger partial charge in [-0.3, -0.25) is 9.59 Å². The van der Waals surface area contributed by atoms with E-state index in [-0.39, 0.29) is 17.7 Å². The van der Waals surface area contributed by atoms with E-state index in [1.165, 1.54) is 11.3 Å². The molecule has 6 nitrogen and oxygen atoms in total. The van der Waals surface area contributed by atoms with Gasteiger partial charge >= 0.3 is 0 Å². The maximum absolute atomic E-state index is 12.8. The number of nitrogens with two attached hydrogens (primary N) is 2. The van der Waals surface area contributed by atoms with Gasteiger partial charge in [-0.15, -0.1) is 11.3 Å². The lowest BCUT2D eigenvalue weighted by Gasteiger charge is -2.30. The lowest BCUT2D eigenvalue weighted by atomic mass is 9.96. The molecule has 3 heterocycles. The van der Waals surface area contributed by atoms with Crippen LogP contribution < -0.4 is 11.5 Å². The first kappa shape index (κ1) is 16.7. The van der Waals surface area contributed by atoms with Crippen molar-refractivity contribution in [2.45, 2.75) is 32.6 Å². The highest BCUT2D eigenvalue weighted by molar-refractivity contribution is 7.21. The number of hydrogen-bond acceptors (Lipinski definition) is 5. The lowest BCUT2D eigenvalue weighted by molar-refractivity contribution is -0.123. The Morgan fingerprint density at radius 3 is 2.54 bits per heavy atom. The van der Waals surface area contributed by atoms with Crippen molar-refractivity contribution in [3.63, 3.8) is 0 Å². The van der Waals surface area contributed by atoms with Crippen LogP contribution in [-0.4, -0.2) is 34.8 Å². The smallest absolute Gasteiger partial charge is 0.266 e. The second kappa shape index (κ2) is 6.39. The normalized spacial score (nSPS) is 16.0. The standard InChI is InChI=1S/C17H22N4O2S/c1-9(2)12-4-3-11-13(18)14(24-16(11)20-12)17(23)21-7-5-10(6-8-21)15(19)22/h3-4,9-10H,5-8,18H2,1-2H3,(H2,19,22). The molecule has 0 aliphatic carbocycles. The molecule has 3 rings (SSSR count). The van der Waals surface area contributed by atoms with Crippen molar-refractivity contribution in [2.24, 2.45) is 11.7 Å². The Morgan fingerprint density at radius 2 is 1.96 bits per heavy atom. The van der Waals surface area contributed by atoms with Crippen LogP contribution in [0.4, 0.5) is 5.69 Å². The third-order valence-electron chi connectivity index (χ3n) is 4.59. The number of likely N-dealkylation sites (tertiary alicyclic amines) is 1. The van der Waals surface area contributed by atoms with E-state index in [0.717, 1.165) is 15.9 Å². The molecule has 0 atom stereocenters. The minimum absolute atomic E-state index is 0.0792. The van der Waals surface area contributed by atoms with Crippen molar-refractivity contribution >= 4 is 39.1 Å². The fraction of sp³-hybridized carbons (Fsp3) is 0.471. The van der Waals surface area contributed by atoms with Crippen molar-refractivity contribution in [3.05, 3.63) is 22.7 Å². The summed E-state index contributed by atoms with van der Waals surface area (Å²) < 4.78 is 0. The zero-order valence-electron chi connectivity index (χ0n) is 13.9. The van der Waals surface area contributed by atoms with E-state index >= 15 is 0 Å². The number of carbonyl (C=O) groups excluding carboxylic acids is 2. The van der Waals surface area contributed by atoms with Crippen LogP contribution in [0.15, 0.2) is 12.1 Å². The molecule has 1 aliphatic rings. The Morgan fingerprint density at radius 1 is 1.29 bits per heavy atom. The molecule has 7 heteroatoms. The number of hydrogen-bond donors (Lipinski definition) is 2. The molecular formula is C17H22N4O2S. The number of aromatic nitrogens is 1. The van der Waals surface area contributed by atoms with Crippen molar-refractivity contribution < 1.29 is 9.59 Å². The highest BCUT2D eigenvalue weighted by Crippen LogP contribution is 2.35. The van der Waals surface area contributed by atoms with E-state index in [1.54, 1.807) is 4.90 Å². The molecule has 0 saturated carbocycles. The lowest BCUT2D eigenvalue weighted by Crippen LogP contribution is -2.41. The zero-order chi connectivity index (χ0) is 17.4. The summed E-state index contributed by atoms with van der Waals surface area (Å²) in [6, 6.07) is 3.91. The Kier molecular flexibility index (Phi) is 4.45. The minimum Gasteiger partial charge on any atom is -0.397 e. The summed E-state index contributed by atoms with van der Waals surface area (Å²) in [5.41, 5.74) is 13.0. The molecule has 0 aromatic carbocycles. The number of anilines is 1. The number of amides is 2. The second-order valence-corrected chi connectivity index (χ2v) is 7.56. The summed E-state index contributed by atoms with van der Waals surface area (Å²) in [4.78, 5) is 31.8. The van der Waals surface area contributed by atoms with Gasteiger partial charge < -0.3 is 16.4 Å². The third kappa shape index (κ3) is 2.96. The number of nitrogen functional groups attached to an aromatic ring is 1. The molecule has 1 fully saturated rings. The molecule has 0 bridgehead atoms. The third-order valence-corrected chi connectivity index (χ3v) is 5.69. The maximum atomic E-state index is 12.8. The first-order chi connectivity index (χ1) is 11.4. The van der Waals surface area contributed by atoms with E-state index < -0.39 is 0 Å². The van der Waals surface area contributed by atoms with Crippen molar-refractivity contribution in [1.82, 2.24) is 9.88 Å². The molecule has 2 aromatic rings. The fourth-order valence-corrected chi connectivity index (χ4v) is 4.07. The highest BCUT2D eigenvalue weighted by atomic mass is 32.1. The summed E-state index contributed by atoms with van der Waals surface area (Å²) in [5, 5.41) is 0.833. The monoisotopic (exact) mass is 346 g/mol. The second-order valence-electron chi connectivity index (χ2n) is 6.56. The van der Waals surface area contributed by atoms with E-state index in [9.17, 15) is 9.59 Å². The van der Waals surface area contributed by atoms with Gasteiger partial charge in [0.1, 0.15) is 9.71 Å². The van der Waals surface area contributed by atoms with E-state index in [2.05, 4.69) is 18.8 Å². The van der Waals surface area contributed by atoms with Crippen LogP contribution in [0.2, 0.25) is 0 Å². The number of piperidine rings is 1. The Balaban J connectivity index is 1.85. The van der Waals surface area contributed by atoms with Gasteiger partial charge in [0.2, 0.25) is 5.91 Å². The van der Waals surface area contributed by atoms with Crippen LogP contribution in [0.1, 0.15) is 48.0 Å². The molecule has 128 valence electrons. The molecule has 0 spiro atoms. The summed E-state index contributed by atoms with van der Waals surface area (Å²) in [6.07, 6.45) is 1.23. The van der Waals surface area contributed by atoms with Crippen molar-refractivity contribution in [3.8, 4) is 0 Å². The summed E-state index contributed by atoms with van der Waals surface area (Å²) in [7, 11) is 0. The van der Waals surface area contributed by atoms with E-state index in [0.29, 0.717) is 42.4 Å². The summed E-state index contributed by atoms with van der Waals surface area (Å²) >= 11 is 1.35. The van der Waals surface area contributed by atoms with Gasteiger partial charge in [-0.1, -0.05) is 13.8 Å². The SMILES string of the molecule is CC(C)c1ccc2c(N)c(C(=O)N3CCC(C(N)=O)CC3)sc2n1. The van der Waals surface area contributed by atoms with Crippen LogP contribution in [0, 0.1) is 5.92 Å². The van der Waals surface area contributed by atoms with Crippen LogP contribution in [0.3, 0.4) is 0 Å². The Hall–Kier alpha value is -2.15. The zero-order valence-corrected chi connectivity index (χ0v) is 14.7. The quantitative estimate of drug-likeness (QED) is 0.890. The minimum atomic E-state index is -0.283. The Bertz CT molecular complexity index is 791. The average Bonchev–Trinajstić information content (AvgIpc) is 2.90. The van der Waals surface area contributed by atoms with Gasteiger partial charge in [0.05, 0.1) is 5.69 Å². The first-order valence-corrected chi connectivity index (χ1v) is 8.97. The van der Waals surface area contributed by atoms with Crippen LogP contribution in [-0.2, 0) is 4.79 Å². The van der Waals surface area contributed by atoms with Gasteiger partial charge in [-0.25, -0.2) is 4.98 Å². The average molecular weight is 346 g/mol. The van der Waals surface area contributed by atoms with Crippen molar-refractivity contribution in [2.75, 3.05) is 18.8 Å². The molecule has 24 heavy (non-hydrogen) atoms. The first-order valence-electron chi connectivity index (χ1n) is 8.16. The number of rotatable bonds is 3. The van der Waals surface area contributed by atoms with E-state index in [1.807, 2.05) is 12.1 Å². The van der Waals surface area contributed by atoms with Crippen LogP contribution in [0.5, 0.6) is 0 Å². The molecule has 0 radical (unpaired) electrons. The fourth-order valence-electron chi connectivity index (χ4n) is 3.00. The number of pyridine rings is 1. The molecular weight excluding hydrogens is 324 g/mol. The summed E-state index contributed by atoms with van der Waals surface area (Å²) in [6.45, 7) is 5.23. The molecule has 2 amide bonds. The van der Waals surface area contributed by atoms with Crippen LogP contribution in [0.25, 0.3) is 10.2 Å². The largest absolute Gasteiger partial charge is 0.397 e. The van der Waals surface area contributed by atoms with Gasteiger partial charge in [0.15, 0.2) is 0 Å². The molecule has 4 N–H and O–H groups in total. The number of carbonyl (C=O) groups is 2.